The second-order valence-corrected chi connectivity index (χ2v) is 11.0. The van der Waals surface area contributed by atoms with Gasteiger partial charge in [-0.1, -0.05) is 42.6 Å². The van der Waals surface area contributed by atoms with E-state index >= 15 is 0 Å². The number of hydrogen-bond acceptors (Lipinski definition) is 5. The normalized spacial score (nSPS) is 14.4. The molecule has 4 rings (SSSR count). The standard InChI is InChI=1S/C20H21Cl2N3O3S2/c1-2-3-7-16-23-19(22)18(20(26)24-30(27,28)13-8-9-13)25(16)10-12-11-29-15-6-4-5-14(21)17(12)15/h4-6,11,13H,2-3,7-10H2,1H3,(H,24,26). The van der Waals surface area contributed by atoms with Crippen LogP contribution >= 0.6 is 34.5 Å². The fourth-order valence-corrected chi connectivity index (χ4v) is 6.31. The number of unbranched alkanes of at least 4 members (excludes halogenated alkanes) is 1. The van der Waals surface area contributed by atoms with Crippen molar-refractivity contribution < 1.29 is 13.2 Å². The predicted octanol–water partition coefficient (Wildman–Crippen LogP) is 5.02. The molecule has 0 unspecified atom stereocenters. The van der Waals surface area contributed by atoms with Gasteiger partial charge in [0.05, 0.1) is 11.8 Å². The number of sulfonamides is 1. The molecule has 30 heavy (non-hydrogen) atoms. The highest BCUT2D eigenvalue weighted by Gasteiger charge is 2.38. The summed E-state index contributed by atoms with van der Waals surface area (Å²) in [7, 11) is -3.70. The molecule has 0 aliphatic heterocycles. The molecule has 0 saturated heterocycles. The fraction of sp³-hybridized carbons (Fsp3) is 0.400. The molecule has 1 saturated carbocycles. The molecule has 1 amide bonds. The predicted molar refractivity (Wildman–Crippen MR) is 121 cm³/mol. The summed E-state index contributed by atoms with van der Waals surface area (Å²) in [6.45, 7) is 2.39. The van der Waals surface area contributed by atoms with Crippen molar-refractivity contribution >= 4 is 60.6 Å². The minimum absolute atomic E-state index is 0.00947. The SMILES string of the molecule is CCCCc1nc(Cl)c(C(=O)NS(=O)(=O)C2CC2)n1Cc1csc2cccc(Cl)c12. The summed E-state index contributed by atoms with van der Waals surface area (Å²) in [5.41, 5.74) is 1.00. The lowest BCUT2D eigenvalue weighted by atomic mass is 10.1. The lowest BCUT2D eigenvalue weighted by Gasteiger charge is -2.12. The molecule has 0 spiro atoms. The molecule has 1 aromatic carbocycles. The molecule has 0 atom stereocenters. The van der Waals surface area contributed by atoms with Gasteiger partial charge in [-0.3, -0.25) is 4.79 Å². The van der Waals surface area contributed by atoms with E-state index in [0.29, 0.717) is 36.7 Å². The molecule has 160 valence electrons. The number of aryl methyl sites for hydroxylation is 1. The van der Waals surface area contributed by atoms with Crippen LogP contribution in [-0.2, 0) is 23.0 Å². The molecule has 2 aromatic heterocycles. The van der Waals surface area contributed by atoms with Gasteiger partial charge in [-0.25, -0.2) is 18.1 Å². The van der Waals surface area contributed by atoms with Crippen molar-refractivity contribution in [2.75, 3.05) is 0 Å². The Kier molecular flexibility index (Phi) is 6.12. The number of hydrogen-bond donors (Lipinski definition) is 1. The summed E-state index contributed by atoms with van der Waals surface area (Å²) in [6, 6.07) is 5.71. The molecule has 10 heteroatoms. The monoisotopic (exact) mass is 485 g/mol. The van der Waals surface area contributed by atoms with E-state index in [9.17, 15) is 13.2 Å². The van der Waals surface area contributed by atoms with Gasteiger partial charge in [0, 0.05) is 21.5 Å². The first-order valence-electron chi connectivity index (χ1n) is 9.77. The minimum atomic E-state index is -3.70. The fourth-order valence-electron chi connectivity index (χ4n) is 3.41. The van der Waals surface area contributed by atoms with Crippen LogP contribution in [0.2, 0.25) is 10.2 Å². The topological polar surface area (TPSA) is 81.1 Å². The number of benzene rings is 1. The number of nitrogens with zero attached hydrogens (tertiary/aromatic N) is 2. The van der Waals surface area contributed by atoms with Gasteiger partial charge in [0.15, 0.2) is 5.15 Å². The zero-order chi connectivity index (χ0) is 21.5. The second-order valence-electron chi connectivity index (χ2n) is 7.41. The van der Waals surface area contributed by atoms with Gasteiger partial charge >= 0.3 is 0 Å². The number of amides is 1. The Bertz CT molecular complexity index is 1210. The smallest absolute Gasteiger partial charge is 0.284 e. The van der Waals surface area contributed by atoms with Gasteiger partial charge in [0.25, 0.3) is 5.91 Å². The minimum Gasteiger partial charge on any atom is -0.318 e. The van der Waals surface area contributed by atoms with E-state index in [-0.39, 0.29) is 10.8 Å². The number of imidazole rings is 1. The van der Waals surface area contributed by atoms with Crippen molar-refractivity contribution in [3.05, 3.63) is 50.8 Å². The molecule has 6 nitrogen and oxygen atoms in total. The van der Waals surface area contributed by atoms with Crippen molar-refractivity contribution in [1.82, 2.24) is 14.3 Å². The number of fused-ring (bicyclic) bond motifs is 1. The number of halogens is 2. The highest BCUT2D eigenvalue weighted by Crippen LogP contribution is 2.34. The summed E-state index contributed by atoms with van der Waals surface area (Å²) >= 11 is 14.3. The van der Waals surface area contributed by atoms with Crippen molar-refractivity contribution in [3.8, 4) is 0 Å². The van der Waals surface area contributed by atoms with Crippen LogP contribution in [0.5, 0.6) is 0 Å². The van der Waals surface area contributed by atoms with Gasteiger partial charge < -0.3 is 4.57 Å². The molecular formula is C20H21Cl2N3O3S2. The molecule has 1 N–H and O–H groups in total. The number of carbonyl (C=O) groups excluding carboxylic acids is 1. The number of thiophene rings is 1. The van der Waals surface area contributed by atoms with Crippen LogP contribution in [-0.4, -0.2) is 29.1 Å². The Morgan fingerprint density at radius 2 is 2.10 bits per heavy atom. The van der Waals surface area contributed by atoms with E-state index in [1.54, 1.807) is 15.9 Å². The van der Waals surface area contributed by atoms with Gasteiger partial charge in [-0.2, -0.15) is 0 Å². The van der Waals surface area contributed by atoms with Crippen LogP contribution in [0.4, 0.5) is 0 Å². The van der Waals surface area contributed by atoms with Crippen LogP contribution in [0.1, 0.15) is 54.5 Å². The van der Waals surface area contributed by atoms with E-state index in [0.717, 1.165) is 28.5 Å². The number of carbonyl (C=O) groups is 1. The summed E-state index contributed by atoms with van der Waals surface area (Å²) in [4.78, 5) is 17.3. The van der Waals surface area contributed by atoms with Crippen molar-refractivity contribution in [3.63, 3.8) is 0 Å². The number of nitrogens with one attached hydrogen (secondary N) is 1. The third kappa shape index (κ3) is 4.23. The molecule has 1 fully saturated rings. The van der Waals surface area contributed by atoms with Crippen LogP contribution in [0.3, 0.4) is 0 Å². The maximum absolute atomic E-state index is 12.9. The van der Waals surface area contributed by atoms with Crippen molar-refractivity contribution in [1.29, 1.82) is 0 Å². The molecule has 1 aliphatic rings. The first kappa shape index (κ1) is 21.6. The first-order valence-corrected chi connectivity index (χ1v) is 13.0. The molecular weight excluding hydrogens is 465 g/mol. The highest BCUT2D eigenvalue weighted by molar-refractivity contribution is 7.91. The van der Waals surface area contributed by atoms with E-state index in [1.807, 2.05) is 23.6 Å². The Hall–Kier alpha value is -1.61. The van der Waals surface area contributed by atoms with E-state index in [2.05, 4.69) is 16.6 Å². The first-order chi connectivity index (χ1) is 14.3. The zero-order valence-corrected chi connectivity index (χ0v) is 19.5. The van der Waals surface area contributed by atoms with Crippen LogP contribution in [0.25, 0.3) is 10.1 Å². The number of aromatic nitrogens is 2. The zero-order valence-electron chi connectivity index (χ0n) is 16.3. The maximum atomic E-state index is 12.9. The van der Waals surface area contributed by atoms with Gasteiger partial charge in [-0.05, 0) is 42.3 Å². The molecule has 2 heterocycles. The Labute approximate surface area is 189 Å². The third-order valence-electron chi connectivity index (χ3n) is 5.12. The molecule has 0 radical (unpaired) electrons. The van der Waals surface area contributed by atoms with E-state index in [4.69, 9.17) is 23.2 Å². The van der Waals surface area contributed by atoms with Crippen LogP contribution in [0, 0.1) is 0 Å². The van der Waals surface area contributed by atoms with Gasteiger partial charge in [0.1, 0.15) is 11.5 Å². The Morgan fingerprint density at radius 1 is 1.33 bits per heavy atom. The maximum Gasteiger partial charge on any atom is 0.284 e. The van der Waals surface area contributed by atoms with Crippen molar-refractivity contribution in [2.24, 2.45) is 0 Å². The second kappa shape index (κ2) is 8.49. The lowest BCUT2D eigenvalue weighted by molar-refractivity contribution is 0.0972. The van der Waals surface area contributed by atoms with Gasteiger partial charge in [-0.15, -0.1) is 11.3 Å². The average molecular weight is 486 g/mol. The van der Waals surface area contributed by atoms with Gasteiger partial charge in [0.2, 0.25) is 10.0 Å². The third-order valence-corrected chi connectivity index (χ3v) is 8.52. The van der Waals surface area contributed by atoms with E-state index in [1.165, 1.54) is 0 Å². The molecule has 0 bridgehead atoms. The summed E-state index contributed by atoms with van der Waals surface area (Å²) in [5, 5.41) is 3.06. The largest absolute Gasteiger partial charge is 0.318 e. The van der Waals surface area contributed by atoms with Crippen LogP contribution < -0.4 is 4.72 Å². The Balaban J connectivity index is 1.75. The Morgan fingerprint density at radius 3 is 2.80 bits per heavy atom. The highest BCUT2D eigenvalue weighted by atomic mass is 35.5. The van der Waals surface area contributed by atoms with Crippen LogP contribution in [0.15, 0.2) is 23.6 Å². The quantitative estimate of drug-likeness (QED) is 0.485. The summed E-state index contributed by atoms with van der Waals surface area (Å²) in [6.07, 6.45) is 3.59. The lowest BCUT2D eigenvalue weighted by Crippen LogP contribution is -2.35. The number of rotatable bonds is 8. The average Bonchev–Trinajstić information content (AvgIpc) is 3.41. The summed E-state index contributed by atoms with van der Waals surface area (Å²) < 4.78 is 29.5. The van der Waals surface area contributed by atoms with Crippen molar-refractivity contribution in [2.45, 2.75) is 50.8 Å². The van der Waals surface area contributed by atoms with E-state index < -0.39 is 21.2 Å². The summed E-state index contributed by atoms with van der Waals surface area (Å²) in [5.74, 6) is -0.0880. The molecule has 3 aromatic rings. The molecule has 1 aliphatic carbocycles.